The van der Waals surface area contributed by atoms with E-state index >= 15 is 0 Å². The lowest BCUT2D eigenvalue weighted by molar-refractivity contribution is -0.0450. The fourth-order valence-electron chi connectivity index (χ4n) is 8.03. The molecule has 3 heterocycles. The number of carbonyl (C=O) groups is 2. The van der Waals surface area contributed by atoms with Gasteiger partial charge >= 0.3 is 6.03 Å². The van der Waals surface area contributed by atoms with Crippen LogP contribution < -0.4 is 14.4 Å². The number of anilines is 1. The van der Waals surface area contributed by atoms with E-state index in [-0.39, 0.29) is 46.5 Å². The Hall–Kier alpha value is -3.12. The lowest BCUT2D eigenvalue weighted by Gasteiger charge is -2.45. The van der Waals surface area contributed by atoms with Crippen LogP contribution >= 0.6 is 11.6 Å². The number of hydrogen-bond donors (Lipinski definition) is 2. The van der Waals surface area contributed by atoms with Gasteiger partial charge in [-0.1, -0.05) is 50.6 Å². The van der Waals surface area contributed by atoms with E-state index in [0.29, 0.717) is 45.0 Å². The van der Waals surface area contributed by atoms with Crippen molar-refractivity contribution in [1.82, 2.24) is 9.62 Å². The van der Waals surface area contributed by atoms with Gasteiger partial charge in [0.2, 0.25) is 0 Å². The lowest BCUT2D eigenvalue weighted by Crippen LogP contribution is -2.60. The van der Waals surface area contributed by atoms with Gasteiger partial charge < -0.3 is 24.4 Å². The van der Waals surface area contributed by atoms with E-state index < -0.39 is 27.5 Å². The zero-order valence-corrected chi connectivity index (χ0v) is 32.3. The summed E-state index contributed by atoms with van der Waals surface area (Å²) in [4.78, 5) is 31.1. The fourth-order valence-corrected chi connectivity index (χ4v) is 10.1. The van der Waals surface area contributed by atoms with Crippen LogP contribution in [0, 0.1) is 23.7 Å². The molecule has 1 spiro atoms. The Morgan fingerprint density at radius 3 is 2.65 bits per heavy atom. The molecule has 0 aromatic heterocycles. The highest BCUT2D eigenvalue weighted by atomic mass is 35.5. The lowest BCUT2D eigenvalue weighted by atomic mass is 9.70. The summed E-state index contributed by atoms with van der Waals surface area (Å²) in [6.07, 6.45) is 7.46. The number of nitrogens with one attached hydrogen (secondary N) is 1. The molecule has 0 radical (unpaired) electrons. The summed E-state index contributed by atoms with van der Waals surface area (Å²) in [6, 6.07) is 10.9. The second-order valence-corrected chi connectivity index (χ2v) is 18.4. The fraction of sp³-hybridized carbons (Fsp3) is 0.590. The maximum atomic E-state index is 14.5. The summed E-state index contributed by atoms with van der Waals surface area (Å²) in [6.45, 7) is 12.3. The van der Waals surface area contributed by atoms with Gasteiger partial charge in [0.05, 0.1) is 29.8 Å². The highest BCUT2D eigenvalue weighted by Gasteiger charge is 2.43. The molecule has 278 valence electrons. The number of aryl methyl sites for hydroxylation is 1. The van der Waals surface area contributed by atoms with E-state index in [1.807, 2.05) is 25.1 Å². The number of urea groups is 1. The summed E-state index contributed by atoms with van der Waals surface area (Å²) >= 11 is 6.45. The Labute approximate surface area is 308 Å². The summed E-state index contributed by atoms with van der Waals surface area (Å²) in [5.41, 5.74) is 2.34. The zero-order valence-electron chi connectivity index (χ0n) is 30.7. The second-order valence-electron chi connectivity index (χ2n) is 16.0. The van der Waals surface area contributed by atoms with Crippen LogP contribution in [0.25, 0.3) is 0 Å². The normalized spacial score (nSPS) is 31.1. The third-order valence-corrected chi connectivity index (χ3v) is 13.7. The number of ether oxygens (including phenoxy) is 2. The number of nitrogens with zero attached hydrogens (tertiary/aromatic N) is 3. The van der Waals surface area contributed by atoms with Crippen LogP contribution in [0.15, 0.2) is 52.9 Å². The molecule has 4 aliphatic rings. The molecule has 2 bridgehead atoms. The largest absolute Gasteiger partial charge is 0.490 e. The number of methoxy groups -OCH3 is 1. The SMILES string of the molecule is CO[C@H]1/C=C/C[C@H](C)CS(=O)(NC(=O)N2CC(C(C)(C)O)C2)=NC(=O)c2ccc3c(c2)N(C[C@H](C)[C@H]1C)C[C@@]1(CCCc2cc(Cl)ccc21)CO3. The average molecular weight is 741 g/mol. The summed E-state index contributed by atoms with van der Waals surface area (Å²) in [5.74, 6) is 0.115. The van der Waals surface area contributed by atoms with Crippen molar-refractivity contribution in [1.29, 1.82) is 0 Å². The second kappa shape index (κ2) is 14.7. The van der Waals surface area contributed by atoms with Crippen molar-refractivity contribution in [3.63, 3.8) is 0 Å². The first-order valence-corrected chi connectivity index (χ1v) is 20.2. The van der Waals surface area contributed by atoms with Crippen molar-refractivity contribution in [2.24, 2.45) is 28.0 Å². The molecule has 2 N–H and O–H groups in total. The van der Waals surface area contributed by atoms with Gasteiger partial charge in [-0.15, -0.1) is 4.36 Å². The minimum atomic E-state index is -3.53. The smallest absolute Gasteiger partial charge is 0.329 e. The van der Waals surface area contributed by atoms with Crippen molar-refractivity contribution >= 4 is 39.1 Å². The number of benzene rings is 2. The molecule has 6 rings (SSSR count). The maximum absolute atomic E-state index is 14.5. The monoisotopic (exact) mass is 740 g/mol. The maximum Gasteiger partial charge on any atom is 0.329 e. The number of fused-ring (bicyclic) bond motifs is 3. The first kappa shape index (κ1) is 37.6. The van der Waals surface area contributed by atoms with E-state index in [4.69, 9.17) is 21.1 Å². The third-order valence-electron chi connectivity index (χ3n) is 11.5. The molecule has 10 nitrogen and oxygen atoms in total. The van der Waals surface area contributed by atoms with Crippen LogP contribution in [-0.4, -0.2) is 83.5 Å². The van der Waals surface area contributed by atoms with Gasteiger partial charge in [0, 0.05) is 55.2 Å². The van der Waals surface area contributed by atoms with Gasteiger partial charge in [0.15, 0.2) is 0 Å². The number of carbonyl (C=O) groups excluding carboxylic acids is 2. The number of halogens is 1. The van der Waals surface area contributed by atoms with E-state index in [1.165, 1.54) is 16.0 Å². The Morgan fingerprint density at radius 2 is 1.92 bits per heavy atom. The Bertz CT molecular complexity index is 1800. The minimum absolute atomic E-state index is 0.00664. The topological polar surface area (TPSA) is 121 Å². The number of amides is 3. The quantitative estimate of drug-likeness (QED) is 0.339. The molecule has 1 unspecified atom stereocenters. The van der Waals surface area contributed by atoms with Gasteiger partial charge in [-0.25, -0.2) is 9.00 Å². The molecule has 2 aromatic carbocycles. The number of hydrogen-bond acceptors (Lipinski definition) is 7. The molecule has 12 heteroatoms. The Morgan fingerprint density at radius 1 is 1.16 bits per heavy atom. The Balaban J connectivity index is 1.39. The highest BCUT2D eigenvalue weighted by molar-refractivity contribution is 7.92. The standard InChI is InChI=1S/C39H53ClN4O6S/c1-25-9-7-11-34(49-6)27(3)26(2)19-44-23-39(16-8-10-28-17-31(40)13-14-32(28)39)24-50-35-15-12-29(18-33(35)44)36(45)41-51(48,22-25)42-37(46)43-20-30(21-43)38(4,5)47/h7,11-15,17-18,25-27,30,34,47H,8-10,16,19-24H2,1-6H3,(H,41,42,45,46,48)/b11-7+/t25-,26-,27+,34-,39-,51?/m0/s1. The van der Waals surface area contributed by atoms with Gasteiger partial charge in [-0.2, -0.15) is 0 Å². The van der Waals surface area contributed by atoms with Crippen LogP contribution in [0.1, 0.15) is 75.4 Å². The van der Waals surface area contributed by atoms with Crippen molar-refractivity contribution in [3.05, 3.63) is 70.3 Å². The number of rotatable bonds is 3. The van der Waals surface area contributed by atoms with E-state index in [2.05, 4.69) is 46.0 Å². The first-order chi connectivity index (χ1) is 24.1. The van der Waals surface area contributed by atoms with Gasteiger partial charge in [0.1, 0.15) is 15.7 Å². The first-order valence-electron chi connectivity index (χ1n) is 18.2. The van der Waals surface area contributed by atoms with Crippen LogP contribution in [0.5, 0.6) is 5.75 Å². The zero-order chi connectivity index (χ0) is 36.7. The molecule has 1 aliphatic carbocycles. The average Bonchev–Trinajstić information content (AvgIpc) is 3.17. The van der Waals surface area contributed by atoms with Crippen molar-refractivity contribution in [3.8, 4) is 5.75 Å². The predicted octanol–water partition coefficient (Wildman–Crippen LogP) is 6.63. The van der Waals surface area contributed by atoms with Crippen LogP contribution in [0.4, 0.5) is 10.5 Å². The van der Waals surface area contributed by atoms with Crippen LogP contribution in [-0.2, 0) is 26.5 Å². The van der Waals surface area contributed by atoms with E-state index in [0.717, 1.165) is 30.0 Å². The number of allylic oxidation sites excluding steroid dienone is 1. The van der Waals surface area contributed by atoms with E-state index in [9.17, 15) is 18.9 Å². The highest BCUT2D eigenvalue weighted by Crippen LogP contribution is 2.45. The van der Waals surface area contributed by atoms with Crippen LogP contribution in [0.2, 0.25) is 5.02 Å². The van der Waals surface area contributed by atoms with Crippen molar-refractivity contribution in [2.45, 2.75) is 77.4 Å². The molecule has 2 aromatic rings. The van der Waals surface area contributed by atoms with Crippen molar-refractivity contribution < 1.29 is 28.4 Å². The minimum Gasteiger partial charge on any atom is -0.490 e. The van der Waals surface area contributed by atoms with Gasteiger partial charge in [-0.05, 0) is 98.7 Å². The molecular weight excluding hydrogens is 688 g/mol. The summed E-state index contributed by atoms with van der Waals surface area (Å²) in [7, 11) is -1.80. The molecule has 51 heavy (non-hydrogen) atoms. The molecule has 6 atom stereocenters. The van der Waals surface area contributed by atoms with Crippen molar-refractivity contribution in [2.75, 3.05) is 50.5 Å². The third kappa shape index (κ3) is 8.11. The molecule has 3 aliphatic heterocycles. The molecule has 0 saturated carbocycles. The number of likely N-dealkylation sites (tertiary alicyclic amines) is 1. The van der Waals surface area contributed by atoms with Crippen LogP contribution in [0.3, 0.4) is 0 Å². The Kier molecular flexibility index (Phi) is 10.9. The van der Waals surface area contributed by atoms with Gasteiger partial charge in [0.25, 0.3) is 5.91 Å². The summed E-state index contributed by atoms with van der Waals surface area (Å²) in [5, 5.41) is 11.1. The number of aliphatic hydroxyl groups is 1. The summed E-state index contributed by atoms with van der Waals surface area (Å²) < 4.78 is 34.0. The van der Waals surface area contributed by atoms with E-state index in [1.54, 1.807) is 33.1 Å². The van der Waals surface area contributed by atoms with Gasteiger partial charge in [-0.3, -0.25) is 9.52 Å². The molecular formula is C39H53ClN4O6S. The molecule has 3 amide bonds. The molecule has 1 saturated heterocycles. The predicted molar refractivity (Wildman–Crippen MR) is 202 cm³/mol. The molecule has 1 fully saturated rings.